The fourth-order valence-electron chi connectivity index (χ4n) is 12.0. The number of anilines is 4. The predicted octanol–water partition coefficient (Wildman–Crippen LogP) is 21.9. The number of amides is 4. The number of aromatic nitrogens is 10. The Bertz CT molecular complexity index is 5470. The van der Waals surface area contributed by atoms with Gasteiger partial charge in [0.25, 0.3) is 23.6 Å². The smallest absolute Gasteiger partial charge is 0.416 e. The molecule has 0 atom stereocenters. The number of aromatic amines is 1. The third kappa shape index (κ3) is 19.1. The summed E-state index contributed by atoms with van der Waals surface area (Å²) in [5, 5.41) is 44.2. The molecule has 0 spiro atoms. The molecule has 0 saturated heterocycles. The van der Waals surface area contributed by atoms with Gasteiger partial charge in [-0.1, -0.05) is 109 Å². The highest BCUT2D eigenvalue weighted by molar-refractivity contribution is 9.10. The highest BCUT2D eigenvalue weighted by atomic mass is 79.9. The molecule has 592 valence electrons. The van der Waals surface area contributed by atoms with Crippen LogP contribution >= 0.6 is 50.2 Å². The van der Waals surface area contributed by atoms with Gasteiger partial charge in [0.1, 0.15) is 10.6 Å². The number of aryl methyl sites for hydroxylation is 2. The van der Waals surface area contributed by atoms with Crippen molar-refractivity contribution in [2.24, 2.45) is 0 Å². The van der Waals surface area contributed by atoms with Crippen LogP contribution in [0.3, 0.4) is 0 Å². The van der Waals surface area contributed by atoms with Crippen LogP contribution in [0.25, 0.3) is 43.6 Å². The third-order valence-electron chi connectivity index (χ3n) is 17.9. The van der Waals surface area contributed by atoms with E-state index in [4.69, 9.17) is 16.0 Å². The van der Waals surface area contributed by atoms with Crippen LogP contribution in [0.5, 0.6) is 0 Å². The Balaban J connectivity index is 0.000000135. The van der Waals surface area contributed by atoms with Gasteiger partial charge in [-0.2, -0.15) is 89.5 Å². The van der Waals surface area contributed by atoms with Crippen LogP contribution in [-0.4, -0.2) is 72.9 Å². The minimum atomic E-state index is -4.38. The first-order valence-corrected chi connectivity index (χ1v) is 37.5. The number of hydrogen-bond donors (Lipinski definition) is 5. The number of benzene rings is 8. The standard InChI is InChI=1S/C21H16F3N3O2.C20H13BrF3N3OS.C20H13ClF3N3OS.C20H16F3N5O/c1-13-16(10-11-29-13)20(28)25-19-17-4-2-3-5-18(17)27(26-19)12-14-6-8-15(9-7-14)21(22,23)24;21-16-11-29-10-15(16)19(28)25-18-14-3-1-2-4-17(14)27(26-18)9-12-5-7-13(8-6-12)20(22,23)24;21-15-9-10-29-17(15)19(28)25-18-14-3-1-2-4-16(14)27(26-18)11-12-5-7-13(8-6-12)20(22,23)24;1-12-16(10-24-26-12)19(29)25-18-15-4-2-3-5-17(15)28(27-18)11-13-6-8-14(9-7-13)20(21,22)23/h2-11H,12H2,1H3,(H,25,26,28);1-8,10-11H,9H2,(H,25,26,28);1-10H,11H2,(H,25,26,28);2-10H,11H2,1H3,(H,24,26)(H,25,27,29). The van der Waals surface area contributed by atoms with Crippen molar-refractivity contribution >= 4 is 141 Å². The quantitative estimate of drug-likeness (QED) is 0.0575. The number of carbonyl (C=O) groups excluding carboxylic acids is 4. The van der Waals surface area contributed by atoms with Crippen LogP contribution in [0.4, 0.5) is 76.0 Å². The molecule has 19 nitrogen and oxygen atoms in total. The highest BCUT2D eigenvalue weighted by Gasteiger charge is 2.34. The van der Waals surface area contributed by atoms with Gasteiger partial charge in [0.2, 0.25) is 0 Å². The van der Waals surface area contributed by atoms with Gasteiger partial charge < -0.3 is 25.7 Å². The van der Waals surface area contributed by atoms with E-state index in [-0.39, 0.29) is 49.8 Å². The van der Waals surface area contributed by atoms with Crippen LogP contribution in [0, 0.1) is 13.8 Å². The maximum Gasteiger partial charge on any atom is 0.416 e. The molecule has 5 N–H and O–H groups in total. The van der Waals surface area contributed by atoms with Crippen LogP contribution in [-0.2, 0) is 50.9 Å². The number of thiophene rings is 2. The Hall–Kier alpha value is -12.7. The van der Waals surface area contributed by atoms with Crippen molar-refractivity contribution in [1.82, 2.24) is 49.3 Å². The number of nitrogens with one attached hydrogen (secondary N) is 5. The second-order valence-corrected chi connectivity index (χ2v) is 28.6. The van der Waals surface area contributed by atoms with E-state index >= 15 is 0 Å². The largest absolute Gasteiger partial charge is 0.469 e. The molecule has 116 heavy (non-hydrogen) atoms. The average molecular weight is 1710 g/mol. The molecule has 8 aromatic carbocycles. The number of rotatable bonds is 16. The second-order valence-electron chi connectivity index (χ2n) is 25.7. The monoisotopic (exact) mass is 1710 g/mol. The summed E-state index contributed by atoms with van der Waals surface area (Å²) in [6.45, 7) is 4.49. The van der Waals surface area contributed by atoms with Crippen LogP contribution < -0.4 is 21.3 Å². The van der Waals surface area contributed by atoms with Crippen LogP contribution in [0.2, 0.25) is 5.02 Å². The number of fused-ring (bicyclic) bond motifs is 4. The van der Waals surface area contributed by atoms with E-state index < -0.39 is 47.0 Å². The Morgan fingerprint density at radius 2 is 0.741 bits per heavy atom. The van der Waals surface area contributed by atoms with Gasteiger partial charge in [-0.15, -0.1) is 11.3 Å². The van der Waals surface area contributed by atoms with E-state index in [2.05, 4.69) is 67.8 Å². The first kappa shape index (κ1) is 81.4. The number of carbonyl (C=O) groups is 4. The van der Waals surface area contributed by atoms with Crippen molar-refractivity contribution in [2.75, 3.05) is 21.3 Å². The molecular weight excluding hydrogens is 1660 g/mol. The lowest BCUT2D eigenvalue weighted by Gasteiger charge is -2.08. The Morgan fingerprint density at radius 3 is 1.02 bits per heavy atom. The van der Waals surface area contributed by atoms with Crippen molar-refractivity contribution in [3.05, 3.63) is 322 Å². The number of nitrogens with zero attached hydrogens (tertiary/aromatic N) is 9. The zero-order valence-corrected chi connectivity index (χ0v) is 64.0. The van der Waals surface area contributed by atoms with Crippen molar-refractivity contribution in [3.8, 4) is 0 Å². The molecule has 0 saturated carbocycles. The fraction of sp³-hybridized carbons (Fsp3) is 0.123. The molecule has 16 rings (SSSR count). The normalized spacial score (nSPS) is 11.7. The van der Waals surface area contributed by atoms with Gasteiger partial charge in [-0.05, 0) is 167 Å². The SMILES string of the molecule is Cc1[nH]ncc1C(=O)Nc1nn(Cc2ccc(C(F)(F)F)cc2)c2ccccc12.Cc1occc1C(=O)Nc1nn(Cc2ccc(C(F)(F)F)cc2)c2ccccc12.O=C(Nc1nn(Cc2ccc(C(F)(F)F)cc2)c2ccccc12)c1cscc1Br.O=C(Nc1nn(Cc2ccc(C(F)(F)F)cc2)c2ccccc12)c1sccc1Cl. The lowest BCUT2D eigenvalue weighted by Crippen LogP contribution is -2.13. The Morgan fingerprint density at radius 1 is 0.422 bits per heavy atom. The maximum atomic E-state index is 12.8. The van der Waals surface area contributed by atoms with Gasteiger partial charge in [-0.3, -0.25) is 43.0 Å². The summed E-state index contributed by atoms with van der Waals surface area (Å²) >= 11 is 12.0. The lowest BCUT2D eigenvalue weighted by molar-refractivity contribution is -0.138. The fourth-order valence-corrected chi connectivity index (χ4v) is 14.5. The van der Waals surface area contributed by atoms with Gasteiger partial charge in [-0.25, -0.2) is 0 Å². The first-order chi connectivity index (χ1) is 55.3. The molecule has 0 radical (unpaired) electrons. The molecule has 0 aliphatic rings. The zero-order chi connectivity index (χ0) is 82.4. The van der Waals surface area contributed by atoms with E-state index in [0.29, 0.717) is 88.0 Å². The van der Waals surface area contributed by atoms with Gasteiger partial charge in [0.05, 0.1) is 105 Å². The van der Waals surface area contributed by atoms with Gasteiger partial charge >= 0.3 is 24.7 Å². The van der Waals surface area contributed by atoms with E-state index in [1.165, 1.54) is 83.7 Å². The highest BCUT2D eigenvalue weighted by Crippen LogP contribution is 2.36. The number of halogens is 14. The predicted molar refractivity (Wildman–Crippen MR) is 421 cm³/mol. The average Bonchev–Trinajstić information content (AvgIpc) is 1.66. The molecular formula is C81H58BrClF12N14O5S2. The van der Waals surface area contributed by atoms with Crippen molar-refractivity contribution in [3.63, 3.8) is 0 Å². The molecule has 35 heteroatoms. The topological polar surface area (TPSA) is 230 Å². The number of furan rings is 1. The number of hydrogen-bond acceptors (Lipinski definition) is 12. The second kappa shape index (κ2) is 34.2. The number of H-pyrrole nitrogens is 1. The van der Waals surface area contributed by atoms with Crippen molar-refractivity contribution < 1.29 is 76.3 Å². The van der Waals surface area contributed by atoms with Crippen molar-refractivity contribution in [2.45, 2.75) is 64.7 Å². The summed E-state index contributed by atoms with van der Waals surface area (Å²) in [7, 11) is 0. The van der Waals surface area contributed by atoms with Gasteiger partial charge in [0.15, 0.2) is 23.3 Å². The van der Waals surface area contributed by atoms with Gasteiger partial charge in [0, 0.05) is 42.5 Å². The summed E-state index contributed by atoms with van der Waals surface area (Å²) in [6.07, 6.45) is -14.6. The molecule has 8 aromatic heterocycles. The summed E-state index contributed by atoms with van der Waals surface area (Å²) in [6, 6.07) is 52.3. The maximum absolute atomic E-state index is 12.8. The summed E-state index contributed by atoms with van der Waals surface area (Å²) in [4.78, 5) is 50.5. The third-order valence-corrected chi connectivity index (χ3v) is 20.9. The molecule has 0 aliphatic heterocycles. The molecule has 0 fully saturated rings. The minimum absolute atomic E-state index is 0.258. The molecule has 4 amide bonds. The summed E-state index contributed by atoms with van der Waals surface area (Å²) in [5.74, 6) is 0.658. The first-order valence-electron chi connectivity index (χ1n) is 34.5. The Kier molecular flexibility index (Phi) is 24.0. The number of alkyl halides is 12. The van der Waals surface area contributed by atoms with E-state index in [9.17, 15) is 71.9 Å². The zero-order valence-electron chi connectivity index (χ0n) is 60.0. The van der Waals surface area contributed by atoms with Crippen molar-refractivity contribution in [1.29, 1.82) is 0 Å². The summed E-state index contributed by atoms with van der Waals surface area (Å²) in [5.41, 5.74) is 4.85. The van der Waals surface area contributed by atoms with Crippen LogP contribution in [0.15, 0.2) is 244 Å². The number of para-hydroxylation sites is 4. The Labute approximate surface area is 670 Å². The van der Waals surface area contributed by atoms with E-state index in [1.54, 1.807) is 55.5 Å². The molecule has 0 aliphatic carbocycles. The van der Waals surface area contributed by atoms with E-state index in [0.717, 1.165) is 92.1 Å². The molecule has 16 aromatic rings. The minimum Gasteiger partial charge on any atom is -0.469 e. The summed E-state index contributed by atoms with van der Waals surface area (Å²) < 4.78 is 166. The molecule has 8 heterocycles. The lowest BCUT2D eigenvalue weighted by atomic mass is 10.1. The molecule has 0 bridgehead atoms. The van der Waals surface area contributed by atoms with Crippen LogP contribution in [0.1, 0.15) is 96.7 Å². The van der Waals surface area contributed by atoms with E-state index in [1.807, 2.05) is 102 Å². The molecule has 0 unspecified atom stereocenters.